The van der Waals surface area contributed by atoms with Crippen LogP contribution in [0.3, 0.4) is 0 Å². The van der Waals surface area contributed by atoms with E-state index in [0.29, 0.717) is 23.0 Å². The largest absolute Gasteiger partial charge is 0.493 e. The molecule has 2 aromatic carbocycles. The number of anilines is 4. The Morgan fingerprint density at radius 2 is 1.59 bits per heavy atom. The molecular weight excluding hydrogens is 370 g/mol. The van der Waals surface area contributed by atoms with Gasteiger partial charge in [0.15, 0.2) is 11.5 Å². The molecule has 0 aliphatic rings. The van der Waals surface area contributed by atoms with Crippen LogP contribution in [0.1, 0.15) is 10.5 Å². The van der Waals surface area contributed by atoms with Gasteiger partial charge in [-0.25, -0.2) is 9.97 Å². The first-order chi connectivity index (χ1) is 14.0. The summed E-state index contributed by atoms with van der Waals surface area (Å²) < 4.78 is 10.5. The minimum Gasteiger partial charge on any atom is -0.493 e. The highest BCUT2D eigenvalue weighted by molar-refractivity contribution is 6.02. The highest BCUT2D eigenvalue weighted by atomic mass is 16.5. The fraction of sp³-hybridized carbons (Fsp3) is 0.190. The smallest absolute Gasteiger partial charge is 0.275 e. The number of carbonyl (C=O) groups excluding carboxylic acids is 1. The van der Waals surface area contributed by atoms with E-state index in [-0.39, 0.29) is 11.6 Å². The maximum absolute atomic E-state index is 12.4. The van der Waals surface area contributed by atoms with Gasteiger partial charge in [0, 0.05) is 37.2 Å². The first-order valence-electron chi connectivity index (χ1n) is 8.90. The van der Waals surface area contributed by atoms with Crippen molar-refractivity contribution in [3.05, 3.63) is 60.6 Å². The van der Waals surface area contributed by atoms with Crippen molar-refractivity contribution < 1.29 is 14.3 Å². The van der Waals surface area contributed by atoms with Crippen LogP contribution in [0.15, 0.2) is 54.9 Å². The Balaban J connectivity index is 1.65. The summed E-state index contributed by atoms with van der Waals surface area (Å²) in [5.41, 5.74) is 2.72. The van der Waals surface area contributed by atoms with E-state index in [1.54, 1.807) is 26.4 Å². The lowest BCUT2D eigenvalue weighted by Crippen LogP contribution is -2.14. The van der Waals surface area contributed by atoms with E-state index in [0.717, 1.165) is 11.4 Å². The average Bonchev–Trinajstić information content (AvgIpc) is 2.74. The van der Waals surface area contributed by atoms with Crippen molar-refractivity contribution >= 4 is 28.8 Å². The van der Waals surface area contributed by atoms with Gasteiger partial charge in [0.25, 0.3) is 5.91 Å². The fourth-order valence-electron chi connectivity index (χ4n) is 2.61. The molecule has 0 bridgehead atoms. The summed E-state index contributed by atoms with van der Waals surface area (Å²) in [6, 6.07) is 13.0. The molecule has 0 unspecified atom stereocenters. The number of hydrogen-bond donors (Lipinski definition) is 2. The van der Waals surface area contributed by atoms with Gasteiger partial charge in [-0.2, -0.15) is 0 Å². The lowest BCUT2D eigenvalue weighted by atomic mass is 10.2. The number of nitrogens with one attached hydrogen (secondary N) is 2. The van der Waals surface area contributed by atoms with Crippen LogP contribution >= 0.6 is 0 Å². The minimum absolute atomic E-state index is 0.222. The summed E-state index contributed by atoms with van der Waals surface area (Å²) in [6.07, 6.45) is 2.92. The molecule has 3 rings (SSSR count). The van der Waals surface area contributed by atoms with Gasteiger partial charge in [-0.3, -0.25) is 4.79 Å². The first-order valence-corrected chi connectivity index (χ1v) is 8.90. The summed E-state index contributed by atoms with van der Waals surface area (Å²) in [6.45, 7) is 0. The number of rotatable bonds is 7. The van der Waals surface area contributed by atoms with Crippen LogP contribution in [0, 0.1) is 0 Å². The second-order valence-electron chi connectivity index (χ2n) is 6.38. The van der Waals surface area contributed by atoms with Gasteiger partial charge in [-0.15, -0.1) is 0 Å². The molecule has 2 N–H and O–H groups in total. The summed E-state index contributed by atoms with van der Waals surface area (Å²) in [5.74, 6) is 1.41. The number of aromatic nitrogens is 2. The SMILES string of the molecule is COc1ccc(Nc2cnc(C(=O)Nc3ccc(N(C)C)cc3)cn2)cc1OC. The lowest BCUT2D eigenvalue weighted by molar-refractivity contribution is 0.102. The molecule has 0 saturated carbocycles. The molecule has 8 heteroatoms. The molecule has 0 fully saturated rings. The topological polar surface area (TPSA) is 88.6 Å². The van der Waals surface area contributed by atoms with Gasteiger partial charge in [0.1, 0.15) is 11.5 Å². The summed E-state index contributed by atoms with van der Waals surface area (Å²) in [5, 5.41) is 5.93. The van der Waals surface area contributed by atoms with Gasteiger partial charge in [-0.05, 0) is 36.4 Å². The van der Waals surface area contributed by atoms with Crippen LogP contribution in [-0.2, 0) is 0 Å². The van der Waals surface area contributed by atoms with Crippen molar-refractivity contribution in [2.75, 3.05) is 43.8 Å². The maximum Gasteiger partial charge on any atom is 0.275 e. The molecule has 8 nitrogen and oxygen atoms in total. The molecule has 0 radical (unpaired) electrons. The summed E-state index contributed by atoms with van der Waals surface area (Å²) >= 11 is 0. The average molecular weight is 393 g/mol. The van der Waals surface area contributed by atoms with E-state index < -0.39 is 0 Å². The van der Waals surface area contributed by atoms with Crippen molar-refractivity contribution in [2.24, 2.45) is 0 Å². The van der Waals surface area contributed by atoms with Crippen molar-refractivity contribution in [2.45, 2.75) is 0 Å². The van der Waals surface area contributed by atoms with Crippen molar-refractivity contribution in [1.82, 2.24) is 9.97 Å². The predicted molar refractivity (Wildman–Crippen MR) is 114 cm³/mol. The monoisotopic (exact) mass is 393 g/mol. The molecule has 0 aliphatic carbocycles. The lowest BCUT2D eigenvalue weighted by Gasteiger charge is -2.13. The number of nitrogens with zero attached hydrogens (tertiary/aromatic N) is 3. The third-order valence-electron chi connectivity index (χ3n) is 4.18. The van der Waals surface area contributed by atoms with Crippen LogP contribution in [0.5, 0.6) is 11.5 Å². The van der Waals surface area contributed by atoms with Crippen LogP contribution in [0.25, 0.3) is 0 Å². The molecule has 0 spiro atoms. The molecule has 0 aliphatic heterocycles. The molecule has 3 aromatic rings. The van der Waals surface area contributed by atoms with Gasteiger partial charge in [-0.1, -0.05) is 0 Å². The van der Waals surface area contributed by atoms with Crippen LogP contribution in [-0.4, -0.2) is 44.2 Å². The molecule has 1 amide bonds. The van der Waals surface area contributed by atoms with E-state index >= 15 is 0 Å². The number of amides is 1. The van der Waals surface area contributed by atoms with E-state index in [9.17, 15) is 4.79 Å². The number of carbonyl (C=O) groups is 1. The number of ether oxygens (including phenoxy) is 2. The van der Waals surface area contributed by atoms with E-state index in [1.807, 2.05) is 49.3 Å². The Hall–Kier alpha value is -3.81. The highest BCUT2D eigenvalue weighted by Gasteiger charge is 2.10. The van der Waals surface area contributed by atoms with E-state index in [1.165, 1.54) is 12.4 Å². The number of hydrogen-bond acceptors (Lipinski definition) is 7. The molecule has 1 aromatic heterocycles. The van der Waals surface area contributed by atoms with Crippen molar-refractivity contribution in [3.63, 3.8) is 0 Å². The Bertz CT molecular complexity index is 973. The molecular formula is C21H23N5O3. The molecule has 1 heterocycles. The third kappa shape index (κ3) is 4.92. The quantitative estimate of drug-likeness (QED) is 0.634. The second-order valence-corrected chi connectivity index (χ2v) is 6.38. The van der Waals surface area contributed by atoms with E-state index in [4.69, 9.17) is 9.47 Å². The van der Waals surface area contributed by atoms with Crippen LogP contribution in [0.2, 0.25) is 0 Å². The number of benzene rings is 2. The molecule has 29 heavy (non-hydrogen) atoms. The molecule has 0 saturated heterocycles. The Kier molecular flexibility index (Phi) is 6.13. The van der Waals surface area contributed by atoms with Gasteiger partial charge >= 0.3 is 0 Å². The number of methoxy groups -OCH3 is 2. The minimum atomic E-state index is -0.326. The zero-order valence-electron chi connectivity index (χ0n) is 16.8. The molecule has 150 valence electrons. The third-order valence-corrected chi connectivity index (χ3v) is 4.18. The van der Waals surface area contributed by atoms with Gasteiger partial charge in [0.2, 0.25) is 0 Å². The first kappa shape index (κ1) is 19.9. The Morgan fingerprint density at radius 1 is 0.897 bits per heavy atom. The maximum atomic E-state index is 12.4. The molecule has 0 atom stereocenters. The standard InChI is InChI=1S/C21H23N5O3/c1-26(2)16-8-5-14(6-9-16)25-21(27)17-12-23-20(13-22-17)24-15-7-10-18(28-3)19(11-15)29-4/h5-13H,1-4H3,(H,23,24)(H,25,27). The predicted octanol–water partition coefficient (Wildman–Crippen LogP) is 3.56. The summed E-state index contributed by atoms with van der Waals surface area (Å²) in [4.78, 5) is 22.8. The zero-order chi connectivity index (χ0) is 20.8. The second kappa shape index (κ2) is 8.92. The Labute approximate surface area is 169 Å². The Morgan fingerprint density at radius 3 is 2.17 bits per heavy atom. The summed E-state index contributed by atoms with van der Waals surface area (Å²) in [7, 11) is 7.07. The highest BCUT2D eigenvalue weighted by Crippen LogP contribution is 2.30. The van der Waals surface area contributed by atoms with Gasteiger partial charge < -0.3 is 25.0 Å². The fourth-order valence-corrected chi connectivity index (χ4v) is 2.61. The normalized spacial score (nSPS) is 10.2. The van der Waals surface area contributed by atoms with E-state index in [2.05, 4.69) is 20.6 Å². The van der Waals surface area contributed by atoms with Crippen molar-refractivity contribution in [1.29, 1.82) is 0 Å². The van der Waals surface area contributed by atoms with Crippen LogP contribution in [0.4, 0.5) is 22.9 Å². The van der Waals surface area contributed by atoms with Crippen molar-refractivity contribution in [3.8, 4) is 11.5 Å². The van der Waals surface area contributed by atoms with Gasteiger partial charge in [0.05, 0.1) is 26.6 Å². The zero-order valence-corrected chi connectivity index (χ0v) is 16.8. The van der Waals surface area contributed by atoms with Crippen LogP contribution < -0.4 is 25.0 Å².